The van der Waals surface area contributed by atoms with Crippen LogP contribution < -0.4 is 16.0 Å². The van der Waals surface area contributed by atoms with Crippen LogP contribution in [0.1, 0.15) is 39.2 Å². The van der Waals surface area contributed by atoms with Gasteiger partial charge >= 0.3 is 6.03 Å². The Morgan fingerprint density at radius 3 is 2.36 bits per heavy atom. The smallest absolute Gasteiger partial charge is 0.315 e. The zero-order chi connectivity index (χ0) is 19.6. The summed E-state index contributed by atoms with van der Waals surface area (Å²) in [6, 6.07) is 8.95. The Morgan fingerprint density at radius 1 is 1.14 bits per heavy atom. The lowest BCUT2D eigenvalue weighted by atomic mass is 9.95. The largest absolute Gasteiger partial charge is 0.341 e. The number of carbonyl (C=O) groups excluding carboxylic acids is 2. The van der Waals surface area contributed by atoms with Crippen molar-refractivity contribution in [2.45, 2.75) is 46.2 Å². The molecule has 1 aliphatic heterocycles. The molecule has 7 heteroatoms. The van der Waals surface area contributed by atoms with Crippen molar-refractivity contribution in [2.75, 3.05) is 26.2 Å². The van der Waals surface area contributed by atoms with Crippen LogP contribution >= 0.6 is 12.4 Å². The van der Waals surface area contributed by atoms with Gasteiger partial charge in [-0.15, -0.1) is 12.4 Å². The Labute approximate surface area is 175 Å². The SMILES string of the molecule is CCNCC1CCN(C(=O)C(NC(=O)NCc2ccccc2)C(C)C)CC1.Cl. The van der Waals surface area contributed by atoms with Crippen LogP contribution in [0.4, 0.5) is 4.79 Å². The van der Waals surface area contributed by atoms with Crippen molar-refractivity contribution < 1.29 is 9.59 Å². The lowest BCUT2D eigenvalue weighted by molar-refractivity contribution is -0.135. The van der Waals surface area contributed by atoms with E-state index < -0.39 is 6.04 Å². The van der Waals surface area contributed by atoms with Crippen LogP contribution in [-0.4, -0.2) is 49.1 Å². The molecular weight excluding hydrogens is 376 g/mol. The number of benzene rings is 1. The van der Waals surface area contributed by atoms with Gasteiger partial charge in [0.1, 0.15) is 6.04 Å². The van der Waals surface area contributed by atoms with E-state index in [1.54, 1.807) is 0 Å². The zero-order valence-corrected chi connectivity index (χ0v) is 18.1. The van der Waals surface area contributed by atoms with Gasteiger partial charge in [-0.2, -0.15) is 0 Å². The highest BCUT2D eigenvalue weighted by Gasteiger charge is 2.31. The van der Waals surface area contributed by atoms with Gasteiger partial charge in [0.05, 0.1) is 0 Å². The number of nitrogens with zero attached hydrogens (tertiary/aromatic N) is 1. The number of piperidine rings is 1. The van der Waals surface area contributed by atoms with Gasteiger partial charge in [-0.05, 0) is 43.3 Å². The number of amides is 3. The van der Waals surface area contributed by atoms with E-state index in [0.717, 1.165) is 44.6 Å². The maximum absolute atomic E-state index is 12.9. The third-order valence-corrected chi connectivity index (χ3v) is 5.12. The Morgan fingerprint density at radius 2 is 1.79 bits per heavy atom. The molecule has 3 N–H and O–H groups in total. The summed E-state index contributed by atoms with van der Waals surface area (Å²) < 4.78 is 0. The molecule has 1 aliphatic rings. The number of likely N-dealkylation sites (tertiary alicyclic amines) is 1. The van der Waals surface area contributed by atoms with Gasteiger partial charge in [0.2, 0.25) is 5.91 Å². The van der Waals surface area contributed by atoms with E-state index in [2.05, 4.69) is 22.9 Å². The molecule has 1 aromatic carbocycles. The topological polar surface area (TPSA) is 73.5 Å². The van der Waals surface area contributed by atoms with Crippen molar-refractivity contribution >= 4 is 24.3 Å². The average Bonchev–Trinajstić information content (AvgIpc) is 2.69. The van der Waals surface area contributed by atoms with E-state index in [4.69, 9.17) is 0 Å². The molecule has 1 aromatic rings. The van der Waals surface area contributed by atoms with Gasteiger partial charge in [-0.25, -0.2) is 4.79 Å². The van der Waals surface area contributed by atoms with Crippen molar-refractivity contribution in [2.24, 2.45) is 11.8 Å². The molecular formula is C21H35ClN4O2. The third kappa shape index (κ3) is 7.68. The van der Waals surface area contributed by atoms with Crippen molar-refractivity contribution in [3.63, 3.8) is 0 Å². The average molecular weight is 411 g/mol. The Kier molecular flexibility index (Phi) is 10.9. The fourth-order valence-corrected chi connectivity index (χ4v) is 3.39. The number of nitrogens with one attached hydrogen (secondary N) is 3. The summed E-state index contributed by atoms with van der Waals surface area (Å²) in [5.74, 6) is 0.704. The quantitative estimate of drug-likeness (QED) is 0.617. The number of hydrogen-bond donors (Lipinski definition) is 3. The Hall–Kier alpha value is -1.79. The molecule has 0 radical (unpaired) electrons. The molecule has 28 heavy (non-hydrogen) atoms. The minimum atomic E-state index is -0.494. The first-order valence-corrected chi connectivity index (χ1v) is 10.1. The van der Waals surface area contributed by atoms with E-state index in [1.807, 2.05) is 49.1 Å². The van der Waals surface area contributed by atoms with Crippen LogP contribution in [0.2, 0.25) is 0 Å². The number of halogens is 1. The van der Waals surface area contributed by atoms with Crippen LogP contribution in [0.15, 0.2) is 30.3 Å². The van der Waals surface area contributed by atoms with Gasteiger partial charge in [-0.1, -0.05) is 51.1 Å². The van der Waals surface area contributed by atoms with Crippen LogP contribution in [0.25, 0.3) is 0 Å². The third-order valence-electron chi connectivity index (χ3n) is 5.12. The van der Waals surface area contributed by atoms with Crippen LogP contribution in [0, 0.1) is 11.8 Å². The van der Waals surface area contributed by atoms with Crippen LogP contribution in [0.5, 0.6) is 0 Å². The van der Waals surface area contributed by atoms with E-state index in [9.17, 15) is 9.59 Å². The van der Waals surface area contributed by atoms with Crippen molar-refractivity contribution in [3.05, 3.63) is 35.9 Å². The monoisotopic (exact) mass is 410 g/mol. The maximum Gasteiger partial charge on any atom is 0.315 e. The molecule has 1 unspecified atom stereocenters. The summed E-state index contributed by atoms with van der Waals surface area (Å²) in [6.45, 7) is 10.0. The second-order valence-corrected chi connectivity index (χ2v) is 7.61. The van der Waals surface area contributed by atoms with E-state index in [1.165, 1.54) is 0 Å². The van der Waals surface area contributed by atoms with Crippen molar-refractivity contribution in [1.82, 2.24) is 20.9 Å². The standard InChI is InChI=1S/C21H34N4O2.ClH/c1-4-22-14-18-10-12-25(13-11-18)20(26)19(16(2)3)24-21(27)23-15-17-8-6-5-7-9-17;/h5-9,16,18-19,22H,4,10-15H2,1-3H3,(H2,23,24,27);1H. The summed E-state index contributed by atoms with van der Waals surface area (Å²) in [4.78, 5) is 27.1. The van der Waals surface area contributed by atoms with Crippen molar-refractivity contribution in [3.8, 4) is 0 Å². The summed E-state index contributed by atoms with van der Waals surface area (Å²) in [5.41, 5.74) is 1.03. The molecule has 1 atom stereocenters. The minimum absolute atomic E-state index is 0. The molecule has 0 aliphatic carbocycles. The van der Waals surface area contributed by atoms with Gasteiger partial charge in [0.25, 0.3) is 0 Å². The predicted molar refractivity (Wildman–Crippen MR) is 116 cm³/mol. The summed E-state index contributed by atoms with van der Waals surface area (Å²) in [7, 11) is 0. The Balaban J connectivity index is 0.00000392. The summed E-state index contributed by atoms with van der Waals surface area (Å²) in [5, 5.41) is 9.11. The Bertz CT molecular complexity index is 589. The number of carbonyl (C=O) groups is 2. The fourth-order valence-electron chi connectivity index (χ4n) is 3.39. The molecule has 6 nitrogen and oxygen atoms in total. The molecule has 1 heterocycles. The molecule has 0 spiro atoms. The van der Waals surface area contributed by atoms with Gasteiger partial charge < -0.3 is 20.9 Å². The highest BCUT2D eigenvalue weighted by molar-refractivity contribution is 5.87. The van der Waals surface area contributed by atoms with Gasteiger partial charge in [0.15, 0.2) is 0 Å². The lowest BCUT2D eigenvalue weighted by Crippen LogP contribution is -2.55. The molecule has 1 saturated heterocycles. The fraction of sp³-hybridized carbons (Fsp3) is 0.619. The maximum atomic E-state index is 12.9. The second-order valence-electron chi connectivity index (χ2n) is 7.61. The van der Waals surface area contributed by atoms with Gasteiger partial charge in [0, 0.05) is 19.6 Å². The second kappa shape index (κ2) is 12.6. The van der Waals surface area contributed by atoms with Crippen molar-refractivity contribution in [1.29, 1.82) is 0 Å². The first-order chi connectivity index (χ1) is 13.0. The molecule has 1 fully saturated rings. The van der Waals surface area contributed by atoms with E-state index >= 15 is 0 Å². The van der Waals surface area contributed by atoms with Crippen LogP contribution in [-0.2, 0) is 11.3 Å². The summed E-state index contributed by atoms with van der Waals surface area (Å²) in [6.07, 6.45) is 2.04. The minimum Gasteiger partial charge on any atom is -0.341 e. The molecule has 2 rings (SSSR count). The number of rotatable bonds is 8. The lowest BCUT2D eigenvalue weighted by Gasteiger charge is -2.35. The molecule has 158 valence electrons. The highest BCUT2D eigenvalue weighted by Crippen LogP contribution is 2.18. The predicted octanol–water partition coefficient (Wildman–Crippen LogP) is 2.78. The number of hydrogen-bond acceptors (Lipinski definition) is 3. The summed E-state index contributed by atoms with van der Waals surface area (Å²) >= 11 is 0. The van der Waals surface area contributed by atoms with E-state index in [0.29, 0.717) is 12.5 Å². The van der Waals surface area contributed by atoms with Crippen LogP contribution in [0.3, 0.4) is 0 Å². The molecule has 0 bridgehead atoms. The first-order valence-electron chi connectivity index (χ1n) is 10.1. The normalized spacial score (nSPS) is 15.6. The molecule has 0 aromatic heterocycles. The zero-order valence-electron chi connectivity index (χ0n) is 17.2. The molecule has 3 amide bonds. The highest BCUT2D eigenvalue weighted by atomic mass is 35.5. The molecule has 0 saturated carbocycles. The van der Waals surface area contributed by atoms with E-state index in [-0.39, 0.29) is 30.3 Å². The number of urea groups is 1. The van der Waals surface area contributed by atoms with Gasteiger partial charge in [-0.3, -0.25) is 4.79 Å². The first kappa shape index (κ1) is 24.2.